The van der Waals surface area contributed by atoms with Crippen molar-refractivity contribution in [2.75, 3.05) is 20.1 Å². The maximum Gasteiger partial charge on any atom is 0.163 e. The van der Waals surface area contributed by atoms with Crippen LogP contribution in [0.15, 0.2) is 0 Å². The maximum absolute atomic E-state index is 12.6. The molecule has 1 aliphatic heterocycles. The van der Waals surface area contributed by atoms with Crippen molar-refractivity contribution >= 4 is 5.78 Å². The van der Waals surface area contributed by atoms with Gasteiger partial charge >= 0.3 is 0 Å². The van der Waals surface area contributed by atoms with Crippen molar-refractivity contribution in [1.82, 2.24) is 4.90 Å². The maximum atomic E-state index is 12.6. The molecule has 2 aliphatic rings. The summed E-state index contributed by atoms with van der Waals surface area (Å²) < 4.78 is 0. The lowest BCUT2D eigenvalue weighted by molar-refractivity contribution is 0.0945. The Kier molecular flexibility index (Phi) is 2.82. The summed E-state index contributed by atoms with van der Waals surface area (Å²) in [4.78, 5) is 14.9. The van der Waals surface area contributed by atoms with Crippen molar-refractivity contribution in [3.8, 4) is 0 Å². The zero-order valence-electron chi connectivity index (χ0n) is 12.6. The molecule has 2 nitrogen and oxygen atoms in total. The van der Waals surface area contributed by atoms with Crippen molar-refractivity contribution in [2.24, 2.45) is 5.92 Å². The van der Waals surface area contributed by atoms with Crippen molar-refractivity contribution < 1.29 is 4.79 Å². The number of ketones is 1. The molecular weight excluding hydrogens is 234 g/mol. The molecule has 0 N–H and O–H groups in total. The van der Waals surface area contributed by atoms with Gasteiger partial charge < -0.3 is 4.90 Å². The second kappa shape index (κ2) is 4.17. The molecule has 2 heteroatoms. The molecule has 0 spiro atoms. The van der Waals surface area contributed by atoms with Crippen molar-refractivity contribution in [3.63, 3.8) is 0 Å². The average molecular weight is 257 g/mol. The van der Waals surface area contributed by atoms with Gasteiger partial charge in [-0.25, -0.2) is 0 Å². The van der Waals surface area contributed by atoms with Crippen LogP contribution in [0.2, 0.25) is 0 Å². The first-order valence-electron chi connectivity index (χ1n) is 7.23. The second-order valence-electron chi connectivity index (χ2n) is 6.50. The monoisotopic (exact) mass is 257 g/mol. The molecule has 3 rings (SSSR count). The molecule has 0 bridgehead atoms. The minimum absolute atomic E-state index is 0.371. The van der Waals surface area contributed by atoms with Crippen LogP contribution in [0.4, 0.5) is 0 Å². The number of carbonyl (C=O) groups is 1. The molecule has 1 fully saturated rings. The van der Waals surface area contributed by atoms with Crippen LogP contribution in [0.3, 0.4) is 0 Å². The number of hydrogen-bond acceptors (Lipinski definition) is 2. The van der Waals surface area contributed by atoms with Crippen LogP contribution in [0.25, 0.3) is 0 Å². The molecule has 0 amide bonds. The van der Waals surface area contributed by atoms with Crippen molar-refractivity contribution in [3.05, 3.63) is 33.4 Å². The standard InChI is InChI=1S/C17H23NO/c1-9-10(2)12(4)17-15(19)6-13-7-18(5)8-14(13)16(17)11(9)3/h13-14H,6-8H2,1-5H3. The summed E-state index contributed by atoms with van der Waals surface area (Å²) in [5, 5.41) is 0. The van der Waals surface area contributed by atoms with Crippen LogP contribution in [-0.4, -0.2) is 30.8 Å². The minimum atomic E-state index is 0.371. The number of carbonyl (C=O) groups excluding carboxylic acids is 1. The molecule has 0 aromatic heterocycles. The highest BCUT2D eigenvalue weighted by molar-refractivity contribution is 6.01. The Hall–Kier alpha value is -1.15. The highest BCUT2D eigenvalue weighted by Gasteiger charge is 2.41. The van der Waals surface area contributed by atoms with Gasteiger partial charge in [-0.05, 0) is 68.5 Å². The molecule has 102 valence electrons. The molecule has 0 saturated carbocycles. The predicted octanol–water partition coefficient (Wildman–Crippen LogP) is 3.15. The summed E-state index contributed by atoms with van der Waals surface area (Å²) in [6.07, 6.45) is 0.741. The van der Waals surface area contributed by atoms with E-state index in [1.165, 1.54) is 27.8 Å². The van der Waals surface area contributed by atoms with Gasteiger partial charge in [-0.1, -0.05) is 0 Å². The first kappa shape index (κ1) is 12.9. The van der Waals surface area contributed by atoms with Crippen LogP contribution in [0.1, 0.15) is 50.5 Å². The summed E-state index contributed by atoms with van der Waals surface area (Å²) in [5.41, 5.74) is 7.67. The van der Waals surface area contributed by atoms with E-state index in [0.29, 0.717) is 17.6 Å². The van der Waals surface area contributed by atoms with Crippen LogP contribution < -0.4 is 0 Å². The van der Waals surface area contributed by atoms with E-state index in [-0.39, 0.29) is 0 Å². The lowest BCUT2D eigenvalue weighted by atomic mass is 9.71. The van der Waals surface area contributed by atoms with E-state index < -0.39 is 0 Å². The summed E-state index contributed by atoms with van der Waals surface area (Å²) in [6, 6.07) is 0. The van der Waals surface area contributed by atoms with E-state index in [2.05, 4.69) is 39.6 Å². The fraction of sp³-hybridized carbons (Fsp3) is 0.588. The second-order valence-corrected chi connectivity index (χ2v) is 6.50. The highest BCUT2D eigenvalue weighted by atomic mass is 16.1. The van der Waals surface area contributed by atoms with Crippen LogP contribution in [0.5, 0.6) is 0 Å². The Balaban J connectivity index is 2.28. The van der Waals surface area contributed by atoms with Crippen molar-refractivity contribution in [2.45, 2.75) is 40.0 Å². The van der Waals surface area contributed by atoms with Gasteiger partial charge in [0.25, 0.3) is 0 Å². The number of benzene rings is 1. The van der Waals surface area contributed by atoms with E-state index >= 15 is 0 Å². The fourth-order valence-electron chi connectivity index (χ4n) is 4.13. The van der Waals surface area contributed by atoms with Crippen LogP contribution in [-0.2, 0) is 0 Å². The Labute approximate surface area is 115 Å². The van der Waals surface area contributed by atoms with Gasteiger partial charge in [0.1, 0.15) is 0 Å². The third-order valence-electron chi connectivity index (χ3n) is 5.46. The molecule has 1 aromatic rings. The Morgan fingerprint density at radius 1 is 0.947 bits per heavy atom. The lowest BCUT2D eigenvalue weighted by Crippen LogP contribution is -2.27. The first-order chi connectivity index (χ1) is 8.91. The molecule has 1 aliphatic carbocycles. The third kappa shape index (κ3) is 1.69. The normalized spacial score (nSPS) is 26.5. The molecule has 1 heterocycles. The number of fused-ring (bicyclic) bond motifs is 3. The number of Topliss-reactive ketones (excluding diaryl/α,β-unsaturated/α-hetero) is 1. The van der Waals surface area contributed by atoms with E-state index in [9.17, 15) is 4.79 Å². The largest absolute Gasteiger partial charge is 0.305 e. The van der Waals surface area contributed by atoms with Gasteiger partial charge in [-0.2, -0.15) is 0 Å². The summed E-state index contributed by atoms with van der Waals surface area (Å²) >= 11 is 0. The zero-order valence-corrected chi connectivity index (χ0v) is 12.6. The highest BCUT2D eigenvalue weighted by Crippen LogP contribution is 2.44. The molecule has 2 atom stereocenters. The third-order valence-corrected chi connectivity index (χ3v) is 5.46. The Morgan fingerprint density at radius 3 is 2.26 bits per heavy atom. The van der Waals surface area contributed by atoms with E-state index in [1.54, 1.807) is 0 Å². The summed E-state index contributed by atoms with van der Waals surface area (Å²) in [5.74, 6) is 1.47. The van der Waals surface area contributed by atoms with Gasteiger partial charge in [0.15, 0.2) is 5.78 Å². The smallest absolute Gasteiger partial charge is 0.163 e. The topological polar surface area (TPSA) is 20.3 Å². The Morgan fingerprint density at radius 2 is 1.58 bits per heavy atom. The SMILES string of the molecule is Cc1c(C)c(C)c2c(c1C)C(=O)CC1CN(C)CC21. The molecule has 19 heavy (non-hydrogen) atoms. The Bertz CT molecular complexity index is 573. The van der Waals surface area contributed by atoms with Gasteiger partial charge in [-0.3, -0.25) is 4.79 Å². The minimum Gasteiger partial charge on any atom is -0.305 e. The lowest BCUT2D eigenvalue weighted by Gasteiger charge is -2.31. The summed E-state index contributed by atoms with van der Waals surface area (Å²) in [7, 11) is 2.17. The number of rotatable bonds is 0. The predicted molar refractivity (Wildman–Crippen MR) is 78.1 cm³/mol. The first-order valence-corrected chi connectivity index (χ1v) is 7.23. The van der Waals surface area contributed by atoms with E-state index in [4.69, 9.17) is 0 Å². The van der Waals surface area contributed by atoms with Crippen LogP contribution in [0, 0.1) is 33.6 Å². The zero-order chi connectivity index (χ0) is 13.9. The number of hydrogen-bond donors (Lipinski definition) is 0. The average Bonchev–Trinajstić information content (AvgIpc) is 2.72. The van der Waals surface area contributed by atoms with Gasteiger partial charge in [0.2, 0.25) is 0 Å². The molecule has 0 radical (unpaired) electrons. The van der Waals surface area contributed by atoms with Gasteiger partial charge in [0.05, 0.1) is 0 Å². The number of likely N-dealkylation sites (N-methyl/N-ethyl adjacent to an activating group) is 1. The number of nitrogens with zero attached hydrogens (tertiary/aromatic N) is 1. The van der Waals surface area contributed by atoms with E-state index in [0.717, 1.165) is 25.1 Å². The molecule has 1 aromatic carbocycles. The molecular formula is C17H23NO. The van der Waals surface area contributed by atoms with Gasteiger partial charge in [-0.15, -0.1) is 0 Å². The van der Waals surface area contributed by atoms with Crippen LogP contribution >= 0.6 is 0 Å². The van der Waals surface area contributed by atoms with Gasteiger partial charge in [0, 0.05) is 31.0 Å². The molecule has 2 unspecified atom stereocenters. The summed E-state index contributed by atoms with van der Waals surface area (Å²) in [6.45, 7) is 10.9. The molecule has 1 saturated heterocycles. The van der Waals surface area contributed by atoms with E-state index in [1.807, 2.05) is 0 Å². The fourth-order valence-corrected chi connectivity index (χ4v) is 4.13. The number of likely N-dealkylation sites (tertiary alicyclic amines) is 1. The quantitative estimate of drug-likeness (QED) is 0.711. The van der Waals surface area contributed by atoms with Crippen molar-refractivity contribution in [1.29, 1.82) is 0 Å².